The third-order valence-corrected chi connectivity index (χ3v) is 4.21. The minimum Gasteiger partial charge on any atom is -0.462 e. The molecule has 2 fully saturated rings. The zero-order valence-corrected chi connectivity index (χ0v) is 12.3. The summed E-state index contributed by atoms with van der Waals surface area (Å²) in [5.41, 5.74) is 0. The highest BCUT2D eigenvalue weighted by molar-refractivity contribution is 5.70. The minimum absolute atomic E-state index is 0.0564. The molecule has 2 rings (SSSR count). The van der Waals surface area contributed by atoms with Gasteiger partial charge in [0.25, 0.3) is 0 Å². The molecule has 0 radical (unpaired) electrons. The summed E-state index contributed by atoms with van der Waals surface area (Å²) in [5.74, 6) is -0.113. The lowest BCUT2D eigenvalue weighted by molar-refractivity contribution is -0.154. The van der Waals surface area contributed by atoms with Crippen LogP contribution in [0.5, 0.6) is 0 Å². The highest BCUT2D eigenvalue weighted by Gasteiger charge is 2.22. The van der Waals surface area contributed by atoms with Crippen LogP contribution >= 0.6 is 0 Å². The van der Waals surface area contributed by atoms with Crippen molar-refractivity contribution in [2.75, 3.05) is 0 Å². The zero-order valence-electron chi connectivity index (χ0n) is 12.3. The monoisotopic (exact) mass is 282 g/mol. The molecular formula is C16H26O4. The van der Waals surface area contributed by atoms with Crippen LogP contribution in [0.25, 0.3) is 0 Å². The first-order valence-electron chi connectivity index (χ1n) is 8.13. The lowest BCUT2D eigenvalue weighted by Gasteiger charge is -2.25. The third kappa shape index (κ3) is 5.51. The molecule has 2 aliphatic carbocycles. The fourth-order valence-corrected chi connectivity index (χ4v) is 2.36. The molecule has 114 valence electrons. The molecule has 2 saturated carbocycles. The molecule has 2 aliphatic rings. The maximum atomic E-state index is 11.5. The Morgan fingerprint density at radius 3 is 1.40 bits per heavy atom. The van der Waals surface area contributed by atoms with Gasteiger partial charge in [-0.05, 0) is 51.4 Å². The Kier molecular flexibility index (Phi) is 6.34. The van der Waals surface area contributed by atoms with Crippen molar-refractivity contribution in [2.24, 2.45) is 0 Å². The molecular weight excluding hydrogens is 256 g/mol. The molecule has 4 heteroatoms. The summed E-state index contributed by atoms with van der Waals surface area (Å²) in [6.45, 7) is 0. The van der Waals surface area contributed by atoms with Crippen molar-refractivity contribution < 1.29 is 19.1 Å². The van der Waals surface area contributed by atoms with E-state index in [0.29, 0.717) is 12.8 Å². The number of esters is 2. The van der Waals surface area contributed by atoms with E-state index in [1.54, 1.807) is 0 Å². The number of unbranched alkanes of at least 4 members (excludes halogenated alkanes) is 3. The van der Waals surface area contributed by atoms with Crippen molar-refractivity contribution >= 4 is 11.9 Å². The van der Waals surface area contributed by atoms with Gasteiger partial charge >= 0.3 is 11.9 Å². The van der Waals surface area contributed by atoms with Crippen LogP contribution < -0.4 is 0 Å². The average Bonchev–Trinajstić information content (AvgIpc) is 2.33. The summed E-state index contributed by atoms with van der Waals surface area (Å²) >= 11 is 0. The second-order valence-electron chi connectivity index (χ2n) is 6.00. The Bertz CT molecular complexity index is 286. The smallest absolute Gasteiger partial charge is 0.306 e. The van der Waals surface area contributed by atoms with Crippen LogP contribution in [-0.2, 0) is 19.1 Å². The van der Waals surface area contributed by atoms with Gasteiger partial charge in [-0.2, -0.15) is 0 Å². The van der Waals surface area contributed by atoms with E-state index >= 15 is 0 Å². The summed E-state index contributed by atoms with van der Waals surface area (Å²) < 4.78 is 10.6. The standard InChI is InChI=1S/C16H26O4/c17-15(19-13-7-5-8-13)11-3-1-2-4-12-16(18)20-14-9-6-10-14/h13-14H,1-12H2. The van der Waals surface area contributed by atoms with Gasteiger partial charge in [0.1, 0.15) is 12.2 Å². The van der Waals surface area contributed by atoms with Crippen LogP contribution in [0.4, 0.5) is 0 Å². The van der Waals surface area contributed by atoms with Crippen LogP contribution in [0, 0.1) is 0 Å². The molecule has 0 saturated heterocycles. The highest BCUT2D eigenvalue weighted by Crippen LogP contribution is 2.23. The molecule has 0 heterocycles. The van der Waals surface area contributed by atoms with Gasteiger partial charge in [0, 0.05) is 12.8 Å². The van der Waals surface area contributed by atoms with Gasteiger partial charge in [-0.15, -0.1) is 0 Å². The fraction of sp³-hybridized carbons (Fsp3) is 0.875. The van der Waals surface area contributed by atoms with Crippen LogP contribution in [0.1, 0.15) is 77.0 Å². The van der Waals surface area contributed by atoms with Crippen LogP contribution in [0.2, 0.25) is 0 Å². The molecule has 0 aromatic carbocycles. The highest BCUT2D eigenvalue weighted by atomic mass is 16.5. The predicted octanol–water partition coefficient (Wildman–Crippen LogP) is 3.52. The maximum absolute atomic E-state index is 11.5. The normalized spacial score (nSPS) is 19.0. The van der Waals surface area contributed by atoms with Crippen LogP contribution in [0.3, 0.4) is 0 Å². The van der Waals surface area contributed by atoms with Crippen LogP contribution in [0.15, 0.2) is 0 Å². The molecule has 0 spiro atoms. The second kappa shape index (κ2) is 8.28. The van der Waals surface area contributed by atoms with Gasteiger partial charge in [-0.25, -0.2) is 0 Å². The molecule has 20 heavy (non-hydrogen) atoms. The first-order chi connectivity index (χ1) is 9.74. The van der Waals surface area contributed by atoms with E-state index < -0.39 is 0 Å². The SMILES string of the molecule is O=C(CCCCCCC(=O)OC1CCC1)OC1CCC1. The topological polar surface area (TPSA) is 52.6 Å². The predicted molar refractivity (Wildman–Crippen MR) is 75.2 cm³/mol. The zero-order chi connectivity index (χ0) is 14.2. The summed E-state index contributed by atoms with van der Waals surface area (Å²) in [6.07, 6.45) is 11.6. The summed E-state index contributed by atoms with van der Waals surface area (Å²) in [7, 11) is 0. The van der Waals surface area contributed by atoms with Crippen molar-refractivity contribution in [2.45, 2.75) is 89.3 Å². The van der Waals surface area contributed by atoms with Crippen molar-refractivity contribution in [3.8, 4) is 0 Å². The maximum Gasteiger partial charge on any atom is 0.306 e. The van der Waals surface area contributed by atoms with Gasteiger partial charge in [0.2, 0.25) is 0 Å². The van der Waals surface area contributed by atoms with Crippen molar-refractivity contribution in [3.05, 3.63) is 0 Å². The van der Waals surface area contributed by atoms with E-state index in [4.69, 9.17) is 9.47 Å². The van der Waals surface area contributed by atoms with E-state index in [9.17, 15) is 9.59 Å². The van der Waals surface area contributed by atoms with E-state index in [2.05, 4.69) is 0 Å². The first-order valence-corrected chi connectivity index (χ1v) is 8.13. The van der Waals surface area contributed by atoms with E-state index in [1.165, 1.54) is 12.8 Å². The largest absolute Gasteiger partial charge is 0.462 e. The summed E-state index contributed by atoms with van der Waals surface area (Å²) in [6, 6.07) is 0. The van der Waals surface area contributed by atoms with Crippen molar-refractivity contribution in [3.63, 3.8) is 0 Å². The van der Waals surface area contributed by atoms with Gasteiger partial charge < -0.3 is 9.47 Å². The first kappa shape index (κ1) is 15.3. The number of carbonyl (C=O) groups excluding carboxylic acids is 2. The fourth-order valence-electron chi connectivity index (χ4n) is 2.36. The summed E-state index contributed by atoms with van der Waals surface area (Å²) in [5, 5.41) is 0. The van der Waals surface area contributed by atoms with Gasteiger partial charge in [-0.3, -0.25) is 9.59 Å². The molecule has 0 unspecified atom stereocenters. The molecule has 4 nitrogen and oxygen atoms in total. The number of ether oxygens (including phenoxy) is 2. The minimum atomic E-state index is -0.0564. The molecule has 0 bridgehead atoms. The Morgan fingerprint density at radius 2 is 1.10 bits per heavy atom. The number of hydrogen-bond donors (Lipinski definition) is 0. The molecule has 0 aromatic rings. The van der Waals surface area contributed by atoms with Gasteiger partial charge in [0.05, 0.1) is 0 Å². The lowest BCUT2D eigenvalue weighted by Crippen LogP contribution is -2.25. The quantitative estimate of drug-likeness (QED) is 0.479. The van der Waals surface area contributed by atoms with E-state index in [1.807, 2.05) is 0 Å². The van der Waals surface area contributed by atoms with Gasteiger partial charge in [-0.1, -0.05) is 12.8 Å². The molecule has 0 N–H and O–H groups in total. The molecule has 0 aromatic heterocycles. The lowest BCUT2D eigenvalue weighted by atomic mass is 9.96. The van der Waals surface area contributed by atoms with E-state index in [0.717, 1.165) is 51.4 Å². The molecule has 0 amide bonds. The second-order valence-corrected chi connectivity index (χ2v) is 6.00. The third-order valence-electron chi connectivity index (χ3n) is 4.21. The Morgan fingerprint density at radius 1 is 0.700 bits per heavy atom. The van der Waals surface area contributed by atoms with Gasteiger partial charge in [0.15, 0.2) is 0 Å². The Labute approximate surface area is 121 Å². The molecule has 0 atom stereocenters. The molecule has 0 aliphatic heterocycles. The summed E-state index contributed by atoms with van der Waals surface area (Å²) in [4.78, 5) is 22.9. The number of carbonyl (C=O) groups is 2. The Balaban J connectivity index is 1.37. The van der Waals surface area contributed by atoms with E-state index in [-0.39, 0.29) is 24.1 Å². The van der Waals surface area contributed by atoms with Crippen LogP contribution in [-0.4, -0.2) is 24.1 Å². The average molecular weight is 282 g/mol. The number of rotatable bonds is 9. The van der Waals surface area contributed by atoms with Crippen molar-refractivity contribution in [1.82, 2.24) is 0 Å². The Hall–Kier alpha value is -1.06. The number of hydrogen-bond acceptors (Lipinski definition) is 4. The van der Waals surface area contributed by atoms with Crippen molar-refractivity contribution in [1.29, 1.82) is 0 Å².